The van der Waals surface area contributed by atoms with E-state index in [0.29, 0.717) is 6.42 Å². The van der Waals surface area contributed by atoms with Gasteiger partial charge in [-0.15, -0.1) is 0 Å². The third-order valence-electron chi connectivity index (χ3n) is 3.03. The first-order valence-corrected chi connectivity index (χ1v) is 5.72. The summed E-state index contributed by atoms with van der Waals surface area (Å²) in [6.45, 7) is 2.22. The summed E-state index contributed by atoms with van der Waals surface area (Å²) in [7, 11) is 1.56. The molecule has 92 valence electrons. The molecule has 4 nitrogen and oxygen atoms in total. The van der Waals surface area contributed by atoms with Gasteiger partial charge >= 0.3 is 0 Å². The predicted molar refractivity (Wildman–Crippen MR) is 65.0 cm³/mol. The highest BCUT2D eigenvalue weighted by molar-refractivity contribution is 5.94. The third kappa shape index (κ3) is 2.48. The summed E-state index contributed by atoms with van der Waals surface area (Å²) < 4.78 is 4.94. The molecule has 2 N–H and O–H groups in total. The molecule has 4 heteroatoms. The second-order valence-electron chi connectivity index (χ2n) is 4.39. The lowest BCUT2D eigenvalue weighted by Gasteiger charge is -2.21. The van der Waals surface area contributed by atoms with Crippen LogP contribution in [0.3, 0.4) is 0 Å². The van der Waals surface area contributed by atoms with Crippen molar-refractivity contribution in [3.05, 3.63) is 28.8 Å². The Labute approximate surface area is 101 Å². The topological polar surface area (TPSA) is 58.6 Å². The monoisotopic (exact) mass is 235 g/mol. The molecule has 2 rings (SSSR count). The number of ether oxygens (including phenoxy) is 1. The van der Waals surface area contributed by atoms with Gasteiger partial charge in [-0.25, -0.2) is 0 Å². The highest BCUT2D eigenvalue weighted by Gasteiger charge is 2.19. The number of nitrogens with one attached hydrogen (secondary N) is 1. The molecule has 0 saturated heterocycles. The lowest BCUT2D eigenvalue weighted by Crippen LogP contribution is -2.20. The number of hydrogen-bond acceptors (Lipinski definition) is 3. The van der Waals surface area contributed by atoms with Crippen molar-refractivity contribution < 1.29 is 14.6 Å². The molecule has 17 heavy (non-hydrogen) atoms. The summed E-state index contributed by atoms with van der Waals surface area (Å²) in [4.78, 5) is 11.3. The zero-order valence-corrected chi connectivity index (χ0v) is 10.1. The number of carbonyl (C=O) groups excluding carboxylic acids is 1. The smallest absolute Gasteiger partial charge is 0.224 e. The van der Waals surface area contributed by atoms with Crippen LogP contribution in [-0.2, 0) is 16.0 Å². The lowest BCUT2D eigenvalue weighted by atomic mass is 9.95. The van der Waals surface area contributed by atoms with E-state index in [2.05, 4.69) is 5.32 Å². The standard InChI is InChI=1S/C13H17NO3/c1-8-5-10(11(15)7-17-2)6-9-3-4-12(16)14-13(8)9/h5-6,11,15H,3-4,7H2,1-2H3,(H,14,16). The van der Waals surface area contributed by atoms with Gasteiger partial charge in [0.1, 0.15) is 6.10 Å². The molecule has 1 aromatic rings. The fraction of sp³-hybridized carbons (Fsp3) is 0.462. The van der Waals surface area contributed by atoms with Gasteiger partial charge in [-0.3, -0.25) is 4.79 Å². The molecule has 1 atom stereocenters. The fourth-order valence-electron chi connectivity index (χ4n) is 2.16. The molecule has 0 fully saturated rings. The number of carbonyl (C=O) groups is 1. The van der Waals surface area contributed by atoms with Gasteiger partial charge in [0.2, 0.25) is 5.91 Å². The molecule has 1 amide bonds. The van der Waals surface area contributed by atoms with E-state index in [1.165, 1.54) is 0 Å². The summed E-state index contributed by atoms with van der Waals surface area (Å²) >= 11 is 0. The molecule has 1 unspecified atom stereocenters. The normalized spacial score (nSPS) is 16.3. The third-order valence-corrected chi connectivity index (χ3v) is 3.03. The molecule has 0 aromatic heterocycles. The van der Waals surface area contributed by atoms with Crippen LogP contribution in [0.15, 0.2) is 12.1 Å². The second kappa shape index (κ2) is 4.85. The number of aryl methyl sites for hydroxylation is 2. The van der Waals surface area contributed by atoms with Crippen molar-refractivity contribution in [2.24, 2.45) is 0 Å². The van der Waals surface area contributed by atoms with E-state index in [1.807, 2.05) is 19.1 Å². The highest BCUT2D eigenvalue weighted by Crippen LogP contribution is 2.29. The number of aliphatic hydroxyl groups is 1. The van der Waals surface area contributed by atoms with Gasteiger partial charge in [0, 0.05) is 19.2 Å². The maximum Gasteiger partial charge on any atom is 0.224 e. The number of amides is 1. The van der Waals surface area contributed by atoms with Crippen LogP contribution in [0.4, 0.5) is 5.69 Å². The Morgan fingerprint density at radius 3 is 2.94 bits per heavy atom. The van der Waals surface area contributed by atoms with Crippen molar-refractivity contribution >= 4 is 11.6 Å². The Bertz CT molecular complexity index is 443. The number of benzene rings is 1. The molecule has 1 aliphatic heterocycles. The summed E-state index contributed by atoms with van der Waals surface area (Å²) in [5.41, 5.74) is 3.82. The van der Waals surface area contributed by atoms with E-state index in [0.717, 1.165) is 28.8 Å². The lowest BCUT2D eigenvalue weighted by molar-refractivity contribution is -0.116. The molecular weight excluding hydrogens is 218 g/mol. The first kappa shape index (κ1) is 12.1. The number of methoxy groups -OCH3 is 1. The predicted octanol–water partition coefficient (Wildman–Crippen LogP) is 1.56. The van der Waals surface area contributed by atoms with Crippen molar-refractivity contribution in [2.45, 2.75) is 25.9 Å². The number of rotatable bonds is 3. The van der Waals surface area contributed by atoms with Crippen LogP contribution in [-0.4, -0.2) is 24.7 Å². The van der Waals surface area contributed by atoms with E-state index in [-0.39, 0.29) is 12.5 Å². The zero-order valence-electron chi connectivity index (χ0n) is 10.1. The Kier molecular flexibility index (Phi) is 3.45. The fourth-order valence-corrected chi connectivity index (χ4v) is 2.16. The average molecular weight is 235 g/mol. The van der Waals surface area contributed by atoms with Crippen LogP contribution in [0.1, 0.15) is 29.2 Å². The summed E-state index contributed by atoms with van der Waals surface area (Å²) in [6.07, 6.45) is 0.632. The summed E-state index contributed by atoms with van der Waals surface area (Å²) in [5, 5.41) is 12.8. The summed E-state index contributed by atoms with van der Waals surface area (Å²) in [6, 6.07) is 3.85. The molecule has 1 aliphatic rings. The molecule has 0 saturated carbocycles. The van der Waals surface area contributed by atoms with Gasteiger partial charge in [-0.2, -0.15) is 0 Å². The molecule has 0 radical (unpaired) electrons. The minimum atomic E-state index is -0.610. The highest BCUT2D eigenvalue weighted by atomic mass is 16.5. The van der Waals surface area contributed by atoms with E-state index in [1.54, 1.807) is 7.11 Å². The quantitative estimate of drug-likeness (QED) is 0.836. The van der Waals surface area contributed by atoms with Gasteiger partial charge in [0.05, 0.1) is 6.61 Å². The number of anilines is 1. The van der Waals surface area contributed by atoms with Crippen LogP contribution in [0.25, 0.3) is 0 Å². The van der Waals surface area contributed by atoms with Crippen molar-refractivity contribution in [3.63, 3.8) is 0 Å². The molecule has 1 heterocycles. The van der Waals surface area contributed by atoms with Crippen molar-refractivity contribution in [1.82, 2.24) is 0 Å². The average Bonchev–Trinajstić information content (AvgIpc) is 2.30. The molecular formula is C13H17NO3. The molecule has 1 aromatic carbocycles. The molecule has 0 aliphatic carbocycles. The van der Waals surface area contributed by atoms with Crippen LogP contribution < -0.4 is 5.32 Å². The molecule has 0 spiro atoms. The van der Waals surface area contributed by atoms with Gasteiger partial charge in [-0.1, -0.05) is 12.1 Å². The van der Waals surface area contributed by atoms with Crippen LogP contribution in [0.2, 0.25) is 0 Å². The van der Waals surface area contributed by atoms with Gasteiger partial charge < -0.3 is 15.2 Å². The zero-order chi connectivity index (χ0) is 12.4. The van der Waals surface area contributed by atoms with Crippen molar-refractivity contribution in [3.8, 4) is 0 Å². The first-order valence-electron chi connectivity index (χ1n) is 5.72. The van der Waals surface area contributed by atoms with E-state index in [4.69, 9.17) is 4.74 Å². The minimum Gasteiger partial charge on any atom is -0.386 e. The minimum absolute atomic E-state index is 0.0609. The van der Waals surface area contributed by atoms with Gasteiger partial charge in [0.15, 0.2) is 0 Å². The van der Waals surface area contributed by atoms with E-state index in [9.17, 15) is 9.90 Å². The molecule has 0 bridgehead atoms. The van der Waals surface area contributed by atoms with E-state index >= 15 is 0 Å². The maximum atomic E-state index is 11.3. The second-order valence-corrected chi connectivity index (χ2v) is 4.39. The Morgan fingerprint density at radius 2 is 2.24 bits per heavy atom. The van der Waals surface area contributed by atoms with Crippen LogP contribution >= 0.6 is 0 Å². The van der Waals surface area contributed by atoms with Crippen LogP contribution in [0, 0.1) is 6.92 Å². The number of fused-ring (bicyclic) bond motifs is 1. The maximum absolute atomic E-state index is 11.3. The summed E-state index contributed by atoms with van der Waals surface area (Å²) in [5.74, 6) is 0.0609. The van der Waals surface area contributed by atoms with Gasteiger partial charge in [-0.05, 0) is 30.0 Å². The van der Waals surface area contributed by atoms with Crippen molar-refractivity contribution in [1.29, 1.82) is 0 Å². The number of hydrogen-bond donors (Lipinski definition) is 2. The Hall–Kier alpha value is -1.39. The SMILES string of the molecule is COCC(O)c1cc(C)c2c(c1)CCC(=O)N2. The first-order chi connectivity index (χ1) is 8.11. The Balaban J connectivity index is 2.34. The Morgan fingerprint density at radius 1 is 1.47 bits per heavy atom. The van der Waals surface area contributed by atoms with Crippen molar-refractivity contribution in [2.75, 3.05) is 19.0 Å². The number of aliphatic hydroxyl groups excluding tert-OH is 1. The largest absolute Gasteiger partial charge is 0.386 e. The van der Waals surface area contributed by atoms with Crippen LogP contribution in [0.5, 0.6) is 0 Å². The van der Waals surface area contributed by atoms with E-state index < -0.39 is 6.10 Å². The van der Waals surface area contributed by atoms with Gasteiger partial charge in [0.25, 0.3) is 0 Å².